The average Bonchev–Trinajstić information content (AvgIpc) is 2.62. The molecule has 3 aromatic carbocycles. The lowest BCUT2D eigenvalue weighted by Gasteiger charge is -2.11. The molecule has 0 aliphatic rings. The van der Waals surface area contributed by atoms with E-state index in [0.717, 1.165) is 35.4 Å². The summed E-state index contributed by atoms with van der Waals surface area (Å²) in [6.07, 6.45) is 0. The zero-order valence-electron chi connectivity index (χ0n) is 14.1. The summed E-state index contributed by atoms with van der Waals surface area (Å²) in [5.41, 5.74) is 1.31. The summed E-state index contributed by atoms with van der Waals surface area (Å²) in [6.45, 7) is 0. The van der Waals surface area contributed by atoms with Gasteiger partial charge in [0.2, 0.25) is 0 Å². The van der Waals surface area contributed by atoms with E-state index >= 15 is 0 Å². The van der Waals surface area contributed by atoms with Crippen LogP contribution in [0.1, 0.15) is 11.1 Å². The lowest BCUT2D eigenvalue weighted by atomic mass is 10.1. The highest BCUT2D eigenvalue weighted by atomic mass is 79.9. The molecule has 0 unspecified atom stereocenters. The second-order valence-electron chi connectivity index (χ2n) is 5.67. The van der Waals surface area contributed by atoms with Gasteiger partial charge in [-0.05, 0) is 67.3 Å². The van der Waals surface area contributed by atoms with Crippen molar-refractivity contribution in [2.75, 3.05) is 0 Å². The monoisotopic (exact) mass is 520 g/mol. The minimum Gasteiger partial charge on any atom is -0.508 e. The van der Waals surface area contributed by atoms with Gasteiger partial charge in [0.1, 0.15) is 11.5 Å². The van der Waals surface area contributed by atoms with Gasteiger partial charge in [0.25, 0.3) is 0 Å². The third kappa shape index (κ3) is 6.53. The number of hydrogen-bond donors (Lipinski definition) is 2. The predicted octanol–water partition coefficient (Wildman–Crippen LogP) is 7.34. The minimum absolute atomic E-state index is 0.257. The van der Waals surface area contributed by atoms with Crippen molar-refractivity contribution < 1.29 is 27.8 Å². The summed E-state index contributed by atoms with van der Waals surface area (Å²) in [7, 11) is 0. The number of rotatable bonds is 3. The molecule has 0 atom stereocenters. The number of aromatic hydroxyl groups is 2. The van der Waals surface area contributed by atoms with Crippen molar-refractivity contribution in [2.24, 2.45) is 0 Å². The van der Waals surface area contributed by atoms with Crippen LogP contribution < -0.4 is 0 Å². The lowest BCUT2D eigenvalue weighted by molar-refractivity contribution is 0.110. The van der Waals surface area contributed by atoms with E-state index in [-0.39, 0.29) is 22.6 Å². The fourth-order valence-corrected chi connectivity index (χ4v) is 2.68. The number of benzene rings is 3. The standard InChI is InChI=1S/C12H10O2.C8H4Br2F4/c13-11-5-1-9(2-6-11)10-3-7-12(14)8-4-10;9-7(11,12)5-1-2-6(4-3-5)8(10,13)14/h1-8,13-14H;1-4H. The van der Waals surface area contributed by atoms with Crippen LogP contribution in [0.15, 0.2) is 72.8 Å². The summed E-state index contributed by atoms with van der Waals surface area (Å²) in [6, 6.07) is 17.7. The van der Waals surface area contributed by atoms with Crippen LogP contribution in [-0.2, 0) is 9.66 Å². The van der Waals surface area contributed by atoms with E-state index in [0.29, 0.717) is 0 Å². The normalized spacial score (nSPS) is 11.5. The molecule has 0 amide bonds. The van der Waals surface area contributed by atoms with Gasteiger partial charge in [0.15, 0.2) is 0 Å². The number of hydrogen-bond acceptors (Lipinski definition) is 2. The molecular weight excluding hydrogens is 508 g/mol. The maximum atomic E-state index is 12.6. The van der Waals surface area contributed by atoms with Gasteiger partial charge in [0.05, 0.1) is 0 Å². The molecule has 0 saturated carbocycles. The molecule has 0 aliphatic carbocycles. The van der Waals surface area contributed by atoms with Gasteiger partial charge in [-0.2, -0.15) is 17.6 Å². The predicted molar refractivity (Wildman–Crippen MR) is 107 cm³/mol. The van der Waals surface area contributed by atoms with E-state index in [1.807, 2.05) is 24.3 Å². The van der Waals surface area contributed by atoms with Gasteiger partial charge >= 0.3 is 9.66 Å². The first-order valence-corrected chi connectivity index (χ1v) is 9.38. The van der Waals surface area contributed by atoms with Crippen molar-refractivity contribution in [3.8, 4) is 22.6 Å². The van der Waals surface area contributed by atoms with Gasteiger partial charge in [-0.1, -0.05) is 48.5 Å². The Hall–Kier alpha value is -2.06. The summed E-state index contributed by atoms with van der Waals surface area (Å²) < 4.78 is 50.4. The molecule has 148 valence electrons. The second kappa shape index (κ2) is 8.96. The van der Waals surface area contributed by atoms with Gasteiger partial charge < -0.3 is 10.2 Å². The Kier molecular flexibility index (Phi) is 7.11. The smallest absolute Gasteiger partial charge is 0.326 e. The zero-order valence-corrected chi connectivity index (χ0v) is 17.3. The van der Waals surface area contributed by atoms with Crippen molar-refractivity contribution in [3.63, 3.8) is 0 Å². The van der Waals surface area contributed by atoms with E-state index < -0.39 is 9.66 Å². The largest absolute Gasteiger partial charge is 0.508 e. The molecule has 0 heterocycles. The minimum atomic E-state index is -3.19. The number of phenols is 2. The van der Waals surface area contributed by atoms with Gasteiger partial charge in [0, 0.05) is 11.1 Å². The van der Waals surface area contributed by atoms with Crippen molar-refractivity contribution in [3.05, 3.63) is 83.9 Å². The van der Waals surface area contributed by atoms with Crippen molar-refractivity contribution in [2.45, 2.75) is 9.66 Å². The lowest BCUT2D eigenvalue weighted by Crippen LogP contribution is -2.05. The van der Waals surface area contributed by atoms with Crippen molar-refractivity contribution in [1.82, 2.24) is 0 Å². The number of alkyl halides is 6. The molecule has 0 spiro atoms. The highest BCUT2D eigenvalue weighted by Crippen LogP contribution is 2.38. The Balaban J connectivity index is 0.000000200. The molecule has 0 radical (unpaired) electrons. The van der Waals surface area contributed by atoms with Gasteiger partial charge in [-0.15, -0.1) is 0 Å². The first-order valence-electron chi connectivity index (χ1n) is 7.80. The Morgan fingerprint density at radius 1 is 0.500 bits per heavy atom. The Bertz CT molecular complexity index is 809. The van der Waals surface area contributed by atoms with Crippen molar-refractivity contribution >= 4 is 31.9 Å². The third-order valence-corrected chi connectivity index (χ3v) is 4.52. The molecule has 0 aliphatic heterocycles. The summed E-state index contributed by atoms with van der Waals surface area (Å²) >= 11 is 4.26. The van der Waals surface area contributed by atoms with Crippen LogP contribution in [0.25, 0.3) is 11.1 Å². The molecule has 0 fully saturated rings. The van der Waals surface area contributed by atoms with Crippen LogP contribution in [0.3, 0.4) is 0 Å². The molecular formula is C20H14Br2F4O2. The highest BCUT2D eigenvalue weighted by Gasteiger charge is 2.30. The SMILES string of the molecule is FC(F)(Br)c1ccc(C(F)(F)Br)cc1.Oc1ccc(-c2ccc(O)cc2)cc1. The van der Waals surface area contributed by atoms with Crippen molar-refractivity contribution in [1.29, 1.82) is 0 Å². The Morgan fingerprint density at radius 3 is 0.964 bits per heavy atom. The van der Waals surface area contributed by atoms with Crippen LogP contribution in [0.4, 0.5) is 17.6 Å². The van der Waals surface area contributed by atoms with E-state index in [9.17, 15) is 17.6 Å². The van der Waals surface area contributed by atoms with Crippen LogP contribution >= 0.6 is 31.9 Å². The van der Waals surface area contributed by atoms with Crippen LogP contribution in [-0.4, -0.2) is 10.2 Å². The number of halogens is 6. The average molecular weight is 522 g/mol. The number of phenolic OH excluding ortho intramolecular Hbond substituents is 2. The zero-order chi connectivity index (χ0) is 20.9. The fourth-order valence-electron chi connectivity index (χ4n) is 2.16. The third-order valence-electron chi connectivity index (χ3n) is 3.61. The molecule has 3 aromatic rings. The summed E-state index contributed by atoms with van der Waals surface area (Å²) in [5.74, 6) is 0.514. The highest BCUT2D eigenvalue weighted by molar-refractivity contribution is 9.09. The summed E-state index contributed by atoms with van der Waals surface area (Å²) in [4.78, 5) is -6.37. The Labute approximate surface area is 175 Å². The molecule has 2 nitrogen and oxygen atoms in total. The molecule has 3 rings (SSSR count). The second-order valence-corrected chi connectivity index (χ2v) is 7.66. The molecule has 28 heavy (non-hydrogen) atoms. The van der Waals surface area contributed by atoms with Gasteiger partial charge in [-0.3, -0.25) is 0 Å². The van der Waals surface area contributed by atoms with Crippen LogP contribution in [0.2, 0.25) is 0 Å². The summed E-state index contributed by atoms with van der Waals surface area (Å²) in [5, 5.41) is 18.2. The molecule has 8 heteroatoms. The first-order chi connectivity index (χ1) is 13.0. The Morgan fingerprint density at radius 2 is 0.750 bits per heavy atom. The molecule has 2 N–H and O–H groups in total. The maximum absolute atomic E-state index is 12.6. The van der Waals surface area contributed by atoms with Gasteiger partial charge in [-0.25, -0.2) is 0 Å². The molecule has 0 aromatic heterocycles. The quantitative estimate of drug-likeness (QED) is 0.279. The van der Waals surface area contributed by atoms with E-state index in [1.54, 1.807) is 24.3 Å². The molecule has 0 saturated heterocycles. The maximum Gasteiger partial charge on any atom is 0.326 e. The molecule has 0 bridgehead atoms. The topological polar surface area (TPSA) is 40.5 Å². The fraction of sp³-hybridized carbons (Fsp3) is 0.100. The van der Waals surface area contributed by atoms with E-state index in [2.05, 4.69) is 31.9 Å². The van der Waals surface area contributed by atoms with E-state index in [4.69, 9.17) is 10.2 Å². The first kappa shape index (κ1) is 22.2. The van der Waals surface area contributed by atoms with E-state index in [1.165, 1.54) is 0 Å². The van der Waals surface area contributed by atoms with Crippen LogP contribution in [0, 0.1) is 0 Å². The van der Waals surface area contributed by atoms with Crippen LogP contribution in [0.5, 0.6) is 11.5 Å².